The summed E-state index contributed by atoms with van der Waals surface area (Å²) >= 11 is 1.40. The zero-order valence-electron chi connectivity index (χ0n) is 16.7. The molecule has 3 aromatic carbocycles. The second kappa shape index (κ2) is 10.1. The van der Waals surface area contributed by atoms with Crippen molar-refractivity contribution in [1.29, 1.82) is 0 Å². The molecule has 1 N–H and O–H groups in total. The molecule has 0 saturated carbocycles. The van der Waals surface area contributed by atoms with E-state index in [1.54, 1.807) is 0 Å². The highest BCUT2D eigenvalue weighted by Gasteiger charge is 2.13. The van der Waals surface area contributed by atoms with Gasteiger partial charge in [-0.25, -0.2) is 0 Å². The van der Waals surface area contributed by atoms with Crippen LogP contribution in [-0.4, -0.2) is 24.2 Å². The number of ether oxygens (including phenoxy) is 1. The Morgan fingerprint density at radius 3 is 2.52 bits per heavy atom. The standard InChI is InChI=1S/C24H25NO3S/c1-3-17(2)21-10-6-7-11-22(21)25-23(26)15-28-24(27)16-29-20-13-12-18-8-4-5-9-19(18)14-20/h4-14,17H,3,15-16H2,1-2H3,(H,25,26)/t17-/m1/s1. The van der Waals surface area contributed by atoms with Crippen LogP contribution in [0.2, 0.25) is 0 Å². The van der Waals surface area contributed by atoms with Gasteiger partial charge in [0.1, 0.15) is 0 Å². The fraction of sp³-hybridized carbons (Fsp3) is 0.250. The number of para-hydroxylation sites is 1. The summed E-state index contributed by atoms with van der Waals surface area (Å²) in [5.74, 6) is -0.236. The van der Waals surface area contributed by atoms with Crippen LogP contribution in [0.15, 0.2) is 71.6 Å². The summed E-state index contributed by atoms with van der Waals surface area (Å²) in [7, 11) is 0. The zero-order valence-corrected chi connectivity index (χ0v) is 17.5. The fourth-order valence-electron chi connectivity index (χ4n) is 3.03. The molecule has 0 heterocycles. The maximum Gasteiger partial charge on any atom is 0.316 e. The Kier molecular flexibility index (Phi) is 7.30. The number of nitrogens with one attached hydrogen (secondary N) is 1. The molecule has 0 fully saturated rings. The number of fused-ring (bicyclic) bond motifs is 1. The first-order valence-corrected chi connectivity index (χ1v) is 10.7. The second-order valence-corrected chi connectivity index (χ2v) is 7.95. The maximum atomic E-state index is 12.2. The Labute approximate surface area is 175 Å². The highest BCUT2D eigenvalue weighted by atomic mass is 32.2. The van der Waals surface area contributed by atoms with E-state index in [4.69, 9.17) is 4.74 Å². The highest BCUT2D eigenvalue weighted by Crippen LogP contribution is 2.26. The Balaban J connectivity index is 1.48. The maximum absolute atomic E-state index is 12.2. The van der Waals surface area contributed by atoms with Gasteiger partial charge in [0.2, 0.25) is 0 Å². The van der Waals surface area contributed by atoms with Crippen LogP contribution in [0.3, 0.4) is 0 Å². The van der Waals surface area contributed by atoms with Crippen molar-refractivity contribution < 1.29 is 14.3 Å². The van der Waals surface area contributed by atoms with E-state index in [9.17, 15) is 9.59 Å². The number of anilines is 1. The van der Waals surface area contributed by atoms with Crippen LogP contribution in [0.25, 0.3) is 10.8 Å². The van der Waals surface area contributed by atoms with Crippen molar-refractivity contribution in [3.63, 3.8) is 0 Å². The molecule has 0 aliphatic carbocycles. The minimum Gasteiger partial charge on any atom is -0.455 e. The van der Waals surface area contributed by atoms with Crippen molar-refractivity contribution in [2.45, 2.75) is 31.1 Å². The van der Waals surface area contributed by atoms with Crippen LogP contribution in [-0.2, 0) is 14.3 Å². The van der Waals surface area contributed by atoms with E-state index in [0.29, 0.717) is 5.92 Å². The molecule has 3 rings (SSSR count). The van der Waals surface area contributed by atoms with Gasteiger partial charge in [0.25, 0.3) is 5.91 Å². The van der Waals surface area contributed by atoms with Crippen LogP contribution >= 0.6 is 11.8 Å². The van der Waals surface area contributed by atoms with Gasteiger partial charge in [0.15, 0.2) is 6.61 Å². The van der Waals surface area contributed by atoms with E-state index in [-0.39, 0.29) is 18.3 Å². The van der Waals surface area contributed by atoms with Gasteiger partial charge in [0, 0.05) is 10.6 Å². The Morgan fingerprint density at radius 2 is 1.72 bits per heavy atom. The largest absolute Gasteiger partial charge is 0.455 e. The number of carbonyl (C=O) groups is 2. The first-order chi connectivity index (χ1) is 14.1. The number of carbonyl (C=O) groups excluding carboxylic acids is 2. The normalized spacial score (nSPS) is 11.8. The Hall–Kier alpha value is -2.79. The van der Waals surface area contributed by atoms with Crippen molar-refractivity contribution in [2.75, 3.05) is 17.7 Å². The lowest BCUT2D eigenvalue weighted by Gasteiger charge is -2.15. The van der Waals surface area contributed by atoms with Gasteiger partial charge in [-0.15, -0.1) is 11.8 Å². The first-order valence-electron chi connectivity index (χ1n) is 9.73. The first kappa shape index (κ1) is 20.9. The van der Waals surface area contributed by atoms with E-state index in [1.165, 1.54) is 11.8 Å². The third-order valence-corrected chi connectivity index (χ3v) is 5.79. The number of hydrogen-bond acceptors (Lipinski definition) is 4. The molecule has 29 heavy (non-hydrogen) atoms. The van der Waals surface area contributed by atoms with Gasteiger partial charge in [-0.3, -0.25) is 9.59 Å². The van der Waals surface area contributed by atoms with E-state index < -0.39 is 5.97 Å². The Morgan fingerprint density at radius 1 is 1.00 bits per heavy atom. The summed E-state index contributed by atoms with van der Waals surface area (Å²) in [6, 6.07) is 21.9. The summed E-state index contributed by atoms with van der Waals surface area (Å²) < 4.78 is 5.14. The number of rotatable bonds is 8. The predicted molar refractivity (Wildman–Crippen MR) is 119 cm³/mol. The van der Waals surface area contributed by atoms with Crippen LogP contribution in [0, 0.1) is 0 Å². The SMILES string of the molecule is CC[C@@H](C)c1ccccc1NC(=O)COC(=O)CSc1ccc2ccccc2c1. The summed E-state index contributed by atoms with van der Waals surface area (Å²) in [5, 5.41) is 5.14. The molecule has 150 valence electrons. The third kappa shape index (κ3) is 5.84. The third-order valence-electron chi connectivity index (χ3n) is 4.82. The fourth-order valence-corrected chi connectivity index (χ4v) is 3.78. The second-order valence-electron chi connectivity index (χ2n) is 6.90. The molecule has 1 atom stereocenters. The monoisotopic (exact) mass is 407 g/mol. The molecular formula is C24H25NO3S. The number of hydrogen-bond donors (Lipinski definition) is 1. The molecular weight excluding hydrogens is 382 g/mol. The summed E-state index contributed by atoms with van der Waals surface area (Å²) in [4.78, 5) is 25.2. The van der Waals surface area contributed by atoms with E-state index >= 15 is 0 Å². The van der Waals surface area contributed by atoms with Gasteiger partial charge < -0.3 is 10.1 Å². The molecule has 4 nitrogen and oxygen atoms in total. The molecule has 1 amide bonds. The quantitative estimate of drug-likeness (QED) is 0.388. The van der Waals surface area contributed by atoms with Crippen molar-refractivity contribution in [3.8, 4) is 0 Å². The number of thioether (sulfide) groups is 1. The van der Waals surface area contributed by atoms with Gasteiger partial charge in [-0.2, -0.15) is 0 Å². The van der Waals surface area contributed by atoms with Gasteiger partial charge in [0.05, 0.1) is 5.75 Å². The molecule has 0 saturated heterocycles. The molecule has 0 radical (unpaired) electrons. The van der Waals surface area contributed by atoms with E-state index in [1.807, 2.05) is 60.7 Å². The van der Waals surface area contributed by atoms with Crippen molar-refractivity contribution in [2.24, 2.45) is 0 Å². The van der Waals surface area contributed by atoms with Crippen LogP contribution in [0.1, 0.15) is 31.7 Å². The number of esters is 1. The molecule has 3 aromatic rings. The van der Waals surface area contributed by atoms with Crippen LogP contribution in [0.5, 0.6) is 0 Å². The number of amides is 1. The zero-order chi connectivity index (χ0) is 20.6. The Bertz CT molecular complexity index is 1000. The van der Waals surface area contributed by atoms with E-state index in [0.717, 1.165) is 33.3 Å². The summed E-state index contributed by atoms with van der Waals surface area (Å²) in [6.07, 6.45) is 0.980. The van der Waals surface area contributed by atoms with Crippen LogP contribution in [0.4, 0.5) is 5.69 Å². The number of benzene rings is 3. The minimum atomic E-state index is -0.409. The molecule has 0 spiro atoms. The van der Waals surface area contributed by atoms with Gasteiger partial charge in [-0.05, 0) is 46.9 Å². The molecule has 5 heteroatoms. The molecule has 0 aromatic heterocycles. The summed E-state index contributed by atoms with van der Waals surface area (Å²) in [6.45, 7) is 3.94. The molecule has 0 bridgehead atoms. The smallest absolute Gasteiger partial charge is 0.316 e. The van der Waals surface area contributed by atoms with Gasteiger partial charge >= 0.3 is 5.97 Å². The van der Waals surface area contributed by atoms with Crippen molar-refractivity contribution >= 4 is 40.1 Å². The average Bonchev–Trinajstić information content (AvgIpc) is 2.76. The highest BCUT2D eigenvalue weighted by molar-refractivity contribution is 8.00. The van der Waals surface area contributed by atoms with E-state index in [2.05, 4.69) is 25.2 Å². The van der Waals surface area contributed by atoms with Crippen LogP contribution < -0.4 is 5.32 Å². The average molecular weight is 408 g/mol. The predicted octanol–water partition coefficient (Wildman–Crippen LogP) is 5.63. The van der Waals surface area contributed by atoms with Gasteiger partial charge in [-0.1, -0.05) is 62.4 Å². The summed E-state index contributed by atoms with van der Waals surface area (Å²) in [5.41, 5.74) is 1.86. The minimum absolute atomic E-state index is 0.162. The lowest BCUT2D eigenvalue weighted by molar-refractivity contribution is -0.144. The lowest BCUT2D eigenvalue weighted by Crippen LogP contribution is -2.22. The molecule has 0 aliphatic rings. The molecule has 0 aliphatic heterocycles. The van der Waals surface area contributed by atoms with Crippen molar-refractivity contribution in [1.82, 2.24) is 0 Å². The topological polar surface area (TPSA) is 55.4 Å². The lowest BCUT2D eigenvalue weighted by atomic mass is 9.97. The van der Waals surface area contributed by atoms with Crippen molar-refractivity contribution in [3.05, 3.63) is 72.3 Å². The molecule has 0 unspecified atom stereocenters.